The molecule has 1 saturated heterocycles. The Morgan fingerprint density at radius 2 is 2.24 bits per heavy atom. The molecule has 17 heavy (non-hydrogen) atoms. The zero-order valence-electron chi connectivity index (χ0n) is 8.98. The normalized spacial score (nSPS) is 19.9. The van der Waals surface area contributed by atoms with Gasteiger partial charge in [0, 0.05) is 7.05 Å². The number of anilines is 2. The van der Waals surface area contributed by atoms with Crippen LogP contribution in [0.4, 0.5) is 11.5 Å². The predicted octanol–water partition coefficient (Wildman–Crippen LogP) is -0.119. The van der Waals surface area contributed by atoms with E-state index in [0.717, 1.165) is 4.90 Å². The molecular formula is C9H10ClN5O2. The van der Waals surface area contributed by atoms with E-state index in [-0.39, 0.29) is 34.9 Å². The van der Waals surface area contributed by atoms with Gasteiger partial charge in [-0.1, -0.05) is 11.6 Å². The predicted molar refractivity (Wildman–Crippen MR) is 61.3 cm³/mol. The number of carbonyl (C=O) groups excluding carboxylic acids is 2. The van der Waals surface area contributed by atoms with Gasteiger partial charge in [0.05, 0.1) is 6.42 Å². The maximum atomic E-state index is 11.6. The number of nitrogens with zero attached hydrogens (tertiary/aromatic N) is 3. The average Bonchev–Trinajstić information content (AvgIpc) is 2.53. The quantitative estimate of drug-likeness (QED) is 0.564. The molecule has 2 amide bonds. The van der Waals surface area contributed by atoms with Crippen molar-refractivity contribution in [2.75, 3.05) is 18.1 Å². The lowest BCUT2D eigenvalue weighted by Crippen LogP contribution is -2.32. The maximum Gasteiger partial charge on any atom is 0.251 e. The third-order valence-corrected chi connectivity index (χ3v) is 2.83. The van der Waals surface area contributed by atoms with Gasteiger partial charge in [0.1, 0.15) is 18.1 Å². The highest BCUT2D eigenvalue weighted by Crippen LogP contribution is 2.24. The topological polar surface area (TPSA) is 101 Å². The highest BCUT2D eigenvalue weighted by Gasteiger charge is 2.36. The lowest BCUT2D eigenvalue weighted by Gasteiger charge is -2.13. The third kappa shape index (κ3) is 2.01. The molecule has 0 saturated carbocycles. The van der Waals surface area contributed by atoms with E-state index in [0.29, 0.717) is 0 Å². The van der Waals surface area contributed by atoms with Crippen molar-refractivity contribution in [3.8, 4) is 0 Å². The second-order valence-electron chi connectivity index (χ2n) is 3.62. The van der Waals surface area contributed by atoms with Crippen LogP contribution in [0.2, 0.25) is 5.15 Å². The summed E-state index contributed by atoms with van der Waals surface area (Å²) >= 11 is 5.71. The SMILES string of the molecule is CN1C(=O)CC(Nc2ncnc(Cl)c2N)C1=O. The summed E-state index contributed by atoms with van der Waals surface area (Å²) in [4.78, 5) is 31.6. The van der Waals surface area contributed by atoms with E-state index in [1.165, 1.54) is 13.4 Å². The number of likely N-dealkylation sites (N-methyl/N-ethyl adjacent to an activating group) is 1. The van der Waals surface area contributed by atoms with Crippen LogP contribution in [0.15, 0.2) is 6.33 Å². The number of aromatic nitrogens is 2. The zero-order chi connectivity index (χ0) is 12.6. The fourth-order valence-electron chi connectivity index (χ4n) is 1.52. The molecule has 0 spiro atoms. The second kappa shape index (κ2) is 4.17. The first-order chi connectivity index (χ1) is 8.00. The van der Waals surface area contributed by atoms with E-state index in [1.807, 2.05) is 0 Å². The third-order valence-electron chi connectivity index (χ3n) is 2.53. The molecule has 2 heterocycles. The molecule has 0 bridgehead atoms. The van der Waals surface area contributed by atoms with Gasteiger partial charge in [-0.3, -0.25) is 14.5 Å². The van der Waals surface area contributed by atoms with Crippen molar-refractivity contribution >= 4 is 34.9 Å². The Morgan fingerprint density at radius 1 is 1.53 bits per heavy atom. The first-order valence-corrected chi connectivity index (χ1v) is 5.21. The number of imide groups is 1. The number of nitrogen functional groups attached to an aromatic ring is 1. The van der Waals surface area contributed by atoms with Crippen molar-refractivity contribution in [3.05, 3.63) is 11.5 Å². The standard InChI is InChI=1S/C9H10ClN5O2/c1-15-5(16)2-4(9(15)17)14-8-6(11)7(10)12-3-13-8/h3-4H,2,11H2,1H3,(H,12,13,14). The molecule has 2 rings (SSSR count). The molecule has 1 atom stereocenters. The Morgan fingerprint density at radius 3 is 2.82 bits per heavy atom. The van der Waals surface area contributed by atoms with Gasteiger partial charge in [0.15, 0.2) is 11.0 Å². The van der Waals surface area contributed by atoms with E-state index < -0.39 is 6.04 Å². The first kappa shape index (κ1) is 11.6. The minimum absolute atomic E-state index is 0.0798. The monoisotopic (exact) mass is 255 g/mol. The fourth-order valence-corrected chi connectivity index (χ4v) is 1.66. The average molecular weight is 256 g/mol. The summed E-state index contributed by atoms with van der Waals surface area (Å²) < 4.78 is 0. The summed E-state index contributed by atoms with van der Waals surface area (Å²) in [6.45, 7) is 0. The van der Waals surface area contributed by atoms with Crippen LogP contribution in [0.1, 0.15) is 6.42 Å². The molecule has 1 unspecified atom stereocenters. The summed E-state index contributed by atoms with van der Waals surface area (Å²) in [5, 5.41) is 2.89. The number of likely N-dealkylation sites (tertiary alicyclic amines) is 1. The number of nitrogens with two attached hydrogens (primary N) is 1. The van der Waals surface area contributed by atoms with Crippen LogP contribution in [-0.4, -0.2) is 39.8 Å². The summed E-state index contributed by atoms with van der Waals surface area (Å²) in [5.74, 6) is -0.304. The Bertz CT molecular complexity index is 492. The highest BCUT2D eigenvalue weighted by molar-refractivity contribution is 6.32. The largest absolute Gasteiger partial charge is 0.393 e. The van der Waals surface area contributed by atoms with Gasteiger partial charge in [-0.2, -0.15) is 0 Å². The highest BCUT2D eigenvalue weighted by atomic mass is 35.5. The van der Waals surface area contributed by atoms with Crippen LogP contribution in [0.3, 0.4) is 0 Å². The Hall–Kier alpha value is -1.89. The Labute approximate surface area is 102 Å². The van der Waals surface area contributed by atoms with Gasteiger partial charge in [-0.15, -0.1) is 0 Å². The number of nitrogens with one attached hydrogen (secondary N) is 1. The van der Waals surface area contributed by atoms with E-state index in [2.05, 4.69) is 15.3 Å². The summed E-state index contributed by atoms with van der Waals surface area (Å²) in [5.41, 5.74) is 5.80. The lowest BCUT2D eigenvalue weighted by molar-refractivity contribution is -0.136. The van der Waals surface area contributed by atoms with Crippen LogP contribution in [0, 0.1) is 0 Å². The molecule has 1 fully saturated rings. The van der Waals surface area contributed by atoms with E-state index in [9.17, 15) is 9.59 Å². The Kier molecular flexibility index (Phi) is 2.84. The number of carbonyl (C=O) groups is 2. The molecule has 1 aromatic heterocycles. The summed E-state index contributed by atoms with van der Waals surface area (Å²) in [7, 11) is 1.43. The second-order valence-corrected chi connectivity index (χ2v) is 3.98. The minimum atomic E-state index is -0.652. The molecule has 0 aliphatic carbocycles. The molecule has 1 aliphatic heterocycles. The molecule has 90 valence electrons. The van der Waals surface area contributed by atoms with E-state index >= 15 is 0 Å². The van der Waals surface area contributed by atoms with E-state index in [1.54, 1.807) is 0 Å². The van der Waals surface area contributed by atoms with Gasteiger partial charge in [-0.25, -0.2) is 9.97 Å². The molecule has 3 N–H and O–H groups in total. The van der Waals surface area contributed by atoms with Crippen molar-refractivity contribution in [2.45, 2.75) is 12.5 Å². The van der Waals surface area contributed by atoms with Crippen LogP contribution in [-0.2, 0) is 9.59 Å². The number of amides is 2. The number of rotatable bonds is 2. The van der Waals surface area contributed by atoms with Crippen molar-refractivity contribution in [1.82, 2.24) is 14.9 Å². The lowest BCUT2D eigenvalue weighted by atomic mass is 10.2. The molecule has 0 aromatic carbocycles. The number of hydrogen-bond acceptors (Lipinski definition) is 6. The molecule has 7 nitrogen and oxygen atoms in total. The van der Waals surface area contributed by atoms with Crippen molar-refractivity contribution in [2.24, 2.45) is 0 Å². The van der Waals surface area contributed by atoms with Crippen LogP contribution >= 0.6 is 11.6 Å². The summed E-state index contributed by atoms with van der Waals surface area (Å²) in [6.07, 6.45) is 1.31. The minimum Gasteiger partial charge on any atom is -0.393 e. The summed E-state index contributed by atoms with van der Waals surface area (Å²) in [6, 6.07) is -0.652. The Balaban J connectivity index is 2.20. The van der Waals surface area contributed by atoms with Gasteiger partial charge in [0.25, 0.3) is 5.91 Å². The van der Waals surface area contributed by atoms with Gasteiger partial charge < -0.3 is 11.1 Å². The molecule has 0 radical (unpaired) electrons. The van der Waals surface area contributed by atoms with Gasteiger partial charge in [-0.05, 0) is 0 Å². The van der Waals surface area contributed by atoms with Crippen molar-refractivity contribution in [1.29, 1.82) is 0 Å². The van der Waals surface area contributed by atoms with Crippen LogP contribution < -0.4 is 11.1 Å². The van der Waals surface area contributed by atoms with Crippen LogP contribution in [0.5, 0.6) is 0 Å². The van der Waals surface area contributed by atoms with Gasteiger partial charge >= 0.3 is 0 Å². The molecular weight excluding hydrogens is 246 g/mol. The molecule has 8 heteroatoms. The number of halogens is 1. The van der Waals surface area contributed by atoms with E-state index in [4.69, 9.17) is 17.3 Å². The fraction of sp³-hybridized carbons (Fsp3) is 0.333. The van der Waals surface area contributed by atoms with Gasteiger partial charge in [0.2, 0.25) is 5.91 Å². The zero-order valence-corrected chi connectivity index (χ0v) is 9.73. The van der Waals surface area contributed by atoms with Crippen molar-refractivity contribution in [3.63, 3.8) is 0 Å². The molecule has 1 aliphatic rings. The number of hydrogen-bond donors (Lipinski definition) is 2. The van der Waals surface area contributed by atoms with Crippen molar-refractivity contribution < 1.29 is 9.59 Å². The molecule has 1 aromatic rings. The van der Waals surface area contributed by atoms with Crippen LogP contribution in [0.25, 0.3) is 0 Å². The smallest absolute Gasteiger partial charge is 0.251 e. The first-order valence-electron chi connectivity index (χ1n) is 4.83. The maximum absolute atomic E-state index is 11.6.